The summed E-state index contributed by atoms with van der Waals surface area (Å²) in [5, 5.41) is 0. The molecule has 0 fully saturated rings. The van der Waals surface area contributed by atoms with E-state index >= 15 is 0 Å². The minimum Gasteiger partial charge on any atom is -0.462 e. The Morgan fingerprint density at radius 1 is 0.704 bits per heavy atom. The summed E-state index contributed by atoms with van der Waals surface area (Å²) in [6.07, 6.45) is -3.14. The molecule has 0 rings (SSSR count). The van der Waals surface area contributed by atoms with Crippen LogP contribution in [0.15, 0.2) is 0 Å². The quantitative estimate of drug-likeness (QED) is 0.263. The van der Waals surface area contributed by atoms with E-state index in [-0.39, 0.29) is 11.2 Å². The van der Waals surface area contributed by atoms with Gasteiger partial charge in [-0.2, -0.15) is 0 Å². The van der Waals surface area contributed by atoms with E-state index in [0.717, 1.165) is 11.5 Å². The molecule has 0 amide bonds. The fourth-order valence-corrected chi connectivity index (χ4v) is 4.85. The van der Waals surface area contributed by atoms with Gasteiger partial charge < -0.3 is 18.9 Å². The molecule has 0 heterocycles. The highest BCUT2D eigenvalue weighted by Gasteiger charge is 2.42. The van der Waals surface area contributed by atoms with Crippen LogP contribution in [0, 0.1) is 0 Å². The molecule has 0 unspecified atom stereocenters. The van der Waals surface area contributed by atoms with E-state index in [4.69, 9.17) is 18.9 Å². The normalized spacial score (nSPS) is 14.0. The maximum Gasteiger partial charge on any atom is 0.303 e. The minimum atomic E-state index is -1.13. The molecular weight excluding hydrogens is 396 g/mol. The molecule has 0 aromatic rings. The highest BCUT2D eigenvalue weighted by molar-refractivity contribution is 8.17. The average molecular weight is 425 g/mol. The van der Waals surface area contributed by atoms with Crippen LogP contribution in [0.3, 0.4) is 0 Å². The molecule has 27 heavy (non-hydrogen) atoms. The molecule has 0 bridgehead atoms. The van der Waals surface area contributed by atoms with Crippen LogP contribution < -0.4 is 0 Å². The summed E-state index contributed by atoms with van der Waals surface area (Å²) in [7, 11) is 0. The van der Waals surface area contributed by atoms with E-state index in [2.05, 4.69) is 0 Å². The van der Waals surface area contributed by atoms with Gasteiger partial charge in [-0.15, -0.1) is 23.5 Å². The lowest BCUT2D eigenvalue weighted by Crippen LogP contribution is -2.50. The van der Waals surface area contributed by atoms with Gasteiger partial charge in [0.15, 0.2) is 18.3 Å². The van der Waals surface area contributed by atoms with Gasteiger partial charge in [0, 0.05) is 27.7 Å². The van der Waals surface area contributed by atoms with Gasteiger partial charge in [0.05, 0.1) is 4.58 Å². The van der Waals surface area contributed by atoms with Crippen LogP contribution in [0.25, 0.3) is 0 Å². The summed E-state index contributed by atoms with van der Waals surface area (Å²) in [6.45, 7) is 8.40. The zero-order chi connectivity index (χ0) is 21.0. The highest BCUT2D eigenvalue weighted by atomic mass is 32.2. The summed E-state index contributed by atoms with van der Waals surface area (Å²) in [5.74, 6) is -0.980. The molecule has 0 aliphatic carbocycles. The summed E-state index contributed by atoms with van der Waals surface area (Å²) < 4.78 is 20.7. The van der Waals surface area contributed by atoms with Gasteiger partial charge in [-0.1, -0.05) is 13.8 Å². The number of ether oxygens (including phenoxy) is 4. The molecule has 0 aliphatic heterocycles. The Morgan fingerprint density at radius 3 is 1.52 bits per heavy atom. The van der Waals surface area contributed by atoms with Crippen molar-refractivity contribution in [3.8, 4) is 0 Å². The second-order valence-corrected chi connectivity index (χ2v) is 8.51. The van der Waals surface area contributed by atoms with E-state index in [1.165, 1.54) is 51.2 Å². The molecule has 10 heteroatoms. The third kappa shape index (κ3) is 11.1. The first-order valence-corrected chi connectivity index (χ1v) is 10.6. The van der Waals surface area contributed by atoms with Crippen molar-refractivity contribution in [2.75, 3.05) is 18.1 Å². The Labute approximate surface area is 168 Å². The Bertz CT molecular complexity index is 505. The van der Waals surface area contributed by atoms with Crippen molar-refractivity contribution in [1.82, 2.24) is 0 Å². The maximum atomic E-state index is 11.7. The number of hydrogen-bond acceptors (Lipinski definition) is 10. The summed E-state index contributed by atoms with van der Waals surface area (Å²) in [5.41, 5.74) is 0. The van der Waals surface area contributed by atoms with Crippen molar-refractivity contribution >= 4 is 47.4 Å². The molecule has 0 aliphatic rings. The first-order chi connectivity index (χ1) is 12.6. The fourth-order valence-electron chi connectivity index (χ4n) is 2.19. The average Bonchev–Trinajstić information content (AvgIpc) is 2.53. The number of carbonyl (C=O) groups excluding carboxylic acids is 4. The monoisotopic (exact) mass is 424 g/mol. The molecule has 0 N–H and O–H groups in total. The zero-order valence-corrected chi connectivity index (χ0v) is 18.1. The molecular formula is C17H28O8S2. The summed E-state index contributed by atoms with van der Waals surface area (Å²) >= 11 is 3.03. The Morgan fingerprint density at radius 2 is 1.15 bits per heavy atom. The number of hydrogen-bond donors (Lipinski definition) is 0. The maximum absolute atomic E-state index is 11.7. The van der Waals surface area contributed by atoms with Crippen molar-refractivity contribution < 1.29 is 38.1 Å². The molecule has 0 aromatic carbocycles. The Kier molecular flexibility index (Phi) is 13.0. The van der Waals surface area contributed by atoms with Crippen LogP contribution in [0.4, 0.5) is 0 Å². The molecule has 0 aromatic heterocycles. The molecule has 0 saturated heterocycles. The van der Waals surface area contributed by atoms with E-state index in [9.17, 15) is 19.2 Å². The zero-order valence-electron chi connectivity index (χ0n) is 16.5. The fraction of sp³-hybridized carbons (Fsp3) is 0.765. The van der Waals surface area contributed by atoms with Crippen LogP contribution >= 0.6 is 23.5 Å². The van der Waals surface area contributed by atoms with Gasteiger partial charge in [-0.05, 0) is 11.5 Å². The van der Waals surface area contributed by atoms with E-state index < -0.39 is 42.2 Å². The first kappa shape index (κ1) is 25.6. The number of esters is 4. The van der Waals surface area contributed by atoms with Crippen molar-refractivity contribution in [1.29, 1.82) is 0 Å². The van der Waals surface area contributed by atoms with Gasteiger partial charge in [0.25, 0.3) is 0 Å². The standard InChI is InChI=1S/C17H28O8S2/c1-7-26-17(27-8-2)16(25-13(6)21)15(24-12(5)20)14(23-11(4)19)9-22-10(3)18/h14-17H,7-9H2,1-6H3/t14-,15-,16+/m0/s1. The summed E-state index contributed by atoms with van der Waals surface area (Å²) in [6, 6.07) is 0. The second-order valence-electron chi connectivity index (χ2n) is 5.38. The van der Waals surface area contributed by atoms with Crippen molar-refractivity contribution in [2.45, 2.75) is 64.4 Å². The Hall–Kier alpha value is -1.42. The van der Waals surface area contributed by atoms with Gasteiger partial charge >= 0.3 is 23.9 Å². The van der Waals surface area contributed by atoms with Crippen molar-refractivity contribution in [3.05, 3.63) is 0 Å². The third-order valence-electron chi connectivity index (χ3n) is 2.99. The van der Waals surface area contributed by atoms with Crippen LogP contribution in [0.5, 0.6) is 0 Å². The van der Waals surface area contributed by atoms with Crippen molar-refractivity contribution in [3.63, 3.8) is 0 Å². The molecule has 0 saturated carbocycles. The third-order valence-corrected chi connectivity index (χ3v) is 5.67. The van der Waals surface area contributed by atoms with Gasteiger partial charge in [0.1, 0.15) is 6.61 Å². The topological polar surface area (TPSA) is 105 Å². The number of carbonyl (C=O) groups is 4. The second kappa shape index (κ2) is 13.7. The predicted molar refractivity (Wildman–Crippen MR) is 103 cm³/mol. The lowest BCUT2D eigenvalue weighted by atomic mass is 10.1. The first-order valence-electron chi connectivity index (χ1n) is 8.50. The van der Waals surface area contributed by atoms with Gasteiger partial charge in [-0.3, -0.25) is 19.2 Å². The van der Waals surface area contributed by atoms with Crippen molar-refractivity contribution in [2.24, 2.45) is 0 Å². The summed E-state index contributed by atoms with van der Waals surface area (Å²) in [4.78, 5) is 46.1. The van der Waals surface area contributed by atoms with Gasteiger partial charge in [0.2, 0.25) is 0 Å². The molecule has 3 atom stereocenters. The predicted octanol–water partition coefficient (Wildman–Crippen LogP) is 2.18. The van der Waals surface area contributed by atoms with Crippen LogP contribution in [-0.4, -0.2) is 64.9 Å². The highest BCUT2D eigenvalue weighted by Crippen LogP contribution is 2.32. The van der Waals surface area contributed by atoms with Crippen LogP contribution in [0.2, 0.25) is 0 Å². The molecule has 0 radical (unpaired) electrons. The molecule has 8 nitrogen and oxygen atoms in total. The Balaban J connectivity index is 5.92. The van der Waals surface area contributed by atoms with Gasteiger partial charge in [-0.25, -0.2) is 0 Å². The SMILES string of the molecule is CCSC(SCC)[C@H](OC(C)=O)[C@@H](OC(C)=O)[C@H](COC(C)=O)OC(C)=O. The van der Waals surface area contributed by atoms with Crippen LogP contribution in [-0.2, 0) is 38.1 Å². The van der Waals surface area contributed by atoms with E-state index in [1.54, 1.807) is 0 Å². The number of thioether (sulfide) groups is 2. The lowest BCUT2D eigenvalue weighted by Gasteiger charge is -2.35. The minimum absolute atomic E-state index is 0.274. The molecule has 156 valence electrons. The number of rotatable bonds is 12. The van der Waals surface area contributed by atoms with E-state index in [1.807, 2.05) is 13.8 Å². The molecule has 0 spiro atoms. The smallest absolute Gasteiger partial charge is 0.303 e. The van der Waals surface area contributed by atoms with Crippen LogP contribution in [0.1, 0.15) is 41.5 Å². The van der Waals surface area contributed by atoms with E-state index in [0.29, 0.717) is 0 Å². The largest absolute Gasteiger partial charge is 0.462 e. The lowest BCUT2D eigenvalue weighted by molar-refractivity contribution is -0.187.